The molecule has 0 aromatic heterocycles. The Morgan fingerprint density at radius 1 is 1.04 bits per heavy atom. The SMILES string of the molecule is CC(C)CNC(=O)CN1C(=O)N[C@](Cc2ccccc2)(c2ccccc2)C1=O. The normalized spacial score (nSPS) is 19.0. The number of hydrogen-bond acceptors (Lipinski definition) is 3. The van der Waals surface area contributed by atoms with Crippen LogP contribution in [-0.4, -0.2) is 35.8 Å². The third-order valence-corrected chi connectivity index (χ3v) is 4.76. The quantitative estimate of drug-likeness (QED) is 0.726. The molecule has 1 atom stereocenters. The highest BCUT2D eigenvalue weighted by Crippen LogP contribution is 2.32. The number of nitrogens with zero attached hydrogens (tertiary/aromatic N) is 1. The smallest absolute Gasteiger partial charge is 0.325 e. The Labute approximate surface area is 164 Å². The summed E-state index contributed by atoms with van der Waals surface area (Å²) in [5.41, 5.74) is 0.395. The predicted molar refractivity (Wildman–Crippen MR) is 106 cm³/mol. The Balaban J connectivity index is 1.89. The van der Waals surface area contributed by atoms with Gasteiger partial charge in [0.15, 0.2) is 5.54 Å². The highest BCUT2D eigenvalue weighted by atomic mass is 16.2. The van der Waals surface area contributed by atoms with Gasteiger partial charge in [0.2, 0.25) is 5.91 Å². The lowest BCUT2D eigenvalue weighted by Gasteiger charge is -2.27. The number of amides is 4. The first kappa shape index (κ1) is 19.6. The monoisotopic (exact) mass is 379 g/mol. The Morgan fingerprint density at radius 3 is 2.25 bits per heavy atom. The van der Waals surface area contributed by atoms with Crippen molar-refractivity contribution in [3.63, 3.8) is 0 Å². The fraction of sp³-hybridized carbons (Fsp3) is 0.318. The van der Waals surface area contributed by atoms with Crippen LogP contribution in [0, 0.1) is 5.92 Å². The van der Waals surface area contributed by atoms with Gasteiger partial charge < -0.3 is 10.6 Å². The molecule has 1 saturated heterocycles. The molecule has 2 aromatic carbocycles. The lowest BCUT2D eigenvalue weighted by atomic mass is 9.83. The number of benzene rings is 2. The molecule has 2 aromatic rings. The van der Waals surface area contributed by atoms with Gasteiger partial charge in [0.05, 0.1) is 0 Å². The molecule has 0 radical (unpaired) electrons. The van der Waals surface area contributed by atoms with E-state index < -0.39 is 17.5 Å². The molecule has 1 aliphatic rings. The fourth-order valence-corrected chi connectivity index (χ4v) is 3.33. The summed E-state index contributed by atoms with van der Waals surface area (Å²) in [5, 5.41) is 5.61. The average molecular weight is 379 g/mol. The van der Waals surface area contributed by atoms with Gasteiger partial charge in [-0.05, 0) is 17.0 Å². The molecule has 3 rings (SSSR count). The van der Waals surface area contributed by atoms with Gasteiger partial charge in [0, 0.05) is 13.0 Å². The van der Waals surface area contributed by atoms with E-state index in [1.165, 1.54) is 0 Å². The number of nitrogens with one attached hydrogen (secondary N) is 2. The summed E-state index contributed by atoms with van der Waals surface area (Å²) < 4.78 is 0. The number of imide groups is 1. The predicted octanol–water partition coefficient (Wildman–Crippen LogP) is 2.45. The van der Waals surface area contributed by atoms with E-state index in [1.807, 2.05) is 74.5 Å². The van der Waals surface area contributed by atoms with Crippen molar-refractivity contribution < 1.29 is 14.4 Å². The molecule has 6 heteroatoms. The molecule has 1 aliphatic heterocycles. The van der Waals surface area contributed by atoms with Crippen LogP contribution in [-0.2, 0) is 21.5 Å². The molecule has 0 unspecified atom stereocenters. The standard InChI is InChI=1S/C22H25N3O3/c1-16(2)14-23-19(26)15-25-20(27)22(24-21(25)28,18-11-7-4-8-12-18)13-17-9-5-3-6-10-17/h3-12,16H,13-15H2,1-2H3,(H,23,26)(H,24,28)/t22-/m1/s1. The molecule has 4 amide bonds. The zero-order valence-electron chi connectivity index (χ0n) is 16.1. The van der Waals surface area contributed by atoms with Crippen molar-refractivity contribution in [2.45, 2.75) is 25.8 Å². The third kappa shape index (κ3) is 4.06. The molecule has 146 valence electrons. The largest absolute Gasteiger partial charge is 0.354 e. The van der Waals surface area contributed by atoms with Crippen LogP contribution >= 0.6 is 0 Å². The minimum Gasteiger partial charge on any atom is -0.354 e. The number of hydrogen-bond donors (Lipinski definition) is 2. The second kappa shape index (κ2) is 8.25. The molecule has 2 N–H and O–H groups in total. The van der Waals surface area contributed by atoms with Gasteiger partial charge in [0.25, 0.3) is 5.91 Å². The first-order chi connectivity index (χ1) is 13.4. The molecule has 6 nitrogen and oxygen atoms in total. The van der Waals surface area contributed by atoms with Gasteiger partial charge in [-0.15, -0.1) is 0 Å². The van der Waals surface area contributed by atoms with Crippen LogP contribution in [0.25, 0.3) is 0 Å². The van der Waals surface area contributed by atoms with Crippen molar-refractivity contribution in [1.82, 2.24) is 15.5 Å². The van der Waals surface area contributed by atoms with Crippen LogP contribution in [0.15, 0.2) is 60.7 Å². The van der Waals surface area contributed by atoms with E-state index >= 15 is 0 Å². The number of carbonyl (C=O) groups excluding carboxylic acids is 3. The highest BCUT2D eigenvalue weighted by Gasteiger charge is 2.52. The van der Waals surface area contributed by atoms with Crippen LogP contribution in [0.2, 0.25) is 0 Å². The Kier molecular flexibility index (Phi) is 5.78. The zero-order valence-corrected chi connectivity index (χ0v) is 16.1. The maximum atomic E-state index is 13.4. The third-order valence-electron chi connectivity index (χ3n) is 4.76. The van der Waals surface area contributed by atoms with Gasteiger partial charge in [0.1, 0.15) is 6.54 Å². The van der Waals surface area contributed by atoms with Crippen LogP contribution in [0.1, 0.15) is 25.0 Å². The first-order valence-electron chi connectivity index (χ1n) is 9.42. The van der Waals surface area contributed by atoms with E-state index in [0.29, 0.717) is 18.5 Å². The topological polar surface area (TPSA) is 78.5 Å². The van der Waals surface area contributed by atoms with Crippen molar-refractivity contribution in [2.75, 3.05) is 13.1 Å². The number of carbonyl (C=O) groups is 3. The number of rotatable bonds is 7. The maximum Gasteiger partial charge on any atom is 0.325 e. The molecular weight excluding hydrogens is 354 g/mol. The molecule has 1 fully saturated rings. The Bertz CT molecular complexity index is 852. The van der Waals surface area contributed by atoms with Crippen LogP contribution in [0.3, 0.4) is 0 Å². The maximum absolute atomic E-state index is 13.4. The molecule has 0 spiro atoms. The van der Waals surface area contributed by atoms with Gasteiger partial charge in [-0.1, -0.05) is 74.5 Å². The lowest BCUT2D eigenvalue weighted by molar-refractivity contribution is -0.135. The van der Waals surface area contributed by atoms with E-state index in [-0.39, 0.29) is 18.4 Å². The summed E-state index contributed by atoms with van der Waals surface area (Å²) >= 11 is 0. The number of urea groups is 1. The van der Waals surface area contributed by atoms with Gasteiger partial charge in [-0.25, -0.2) is 4.79 Å². The van der Waals surface area contributed by atoms with Crippen molar-refractivity contribution in [3.8, 4) is 0 Å². The van der Waals surface area contributed by atoms with E-state index in [2.05, 4.69) is 10.6 Å². The Hall–Kier alpha value is -3.15. The highest BCUT2D eigenvalue weighted by molar-refractivity contribution is 6.09. The van der Waals surface area contributed by atoms with Gasteiger partial charge >= 0.3 is 6.03 Å². The van der Waals surface area contributed by atoms with Gasteiger partial charge in [-0.3, -0.25) is 14.5 Å². The van der Waals surface area contributed by atoms with Crippen molar-refractivity contribution in [3.05, 3.63) is 71.8 Å². The van der Waals surface area contributed by atoms with E-state index in [0.717, 1.165) is 10.5 Å². The fourth-order valence-electron chi connectivity index (χ4n) is 3.33. The van der Waals surface area contributed by atoms with Gasteiger partial charge in [-0.2, -0.15) is 0 Å². The second-order valence-electron chi connectivity index (χ2n) is 7.45. The second-order valence-corrected chi connectivity index (χ2v) is 7.45. The summed E-state index contributed by atoms with van der Waals surface area (Å²) in [6.45, 7) is 4.17. The lowest BCUT2D eigenvalue weighted by Crippen LogP contribution is -2.47. The Morgan fingerprint density at radius 2 is 1.64 bits per heavy atom. The van der Waals surface area contributed by atoms with Crippen molar-refractivity contribution in [2.24, 2.45) is 5.92 Å². The van der Waals surface area contributed by atoms with Crippen molar-refractivity contribution >= 4 is 17.8 Å². The molecular formula is C22H25N3O3. The van der Waals surface area contributed by atoms with E-state index in [9.17, 15) is 14.4 Å². The molecule has 1 heterocycles. The summed E-state index contributed by atoms with van der Waals surface area (Å²) in [4.78, 5) is 39.3. The van der Waals surface area contributed by atoms with Crippen LogP contribution < -0.4 is 10.6 Å². The molecule has 0 aliphatic carbocycles. The minimum atomic E-state index is -1.22. The van der Waals surface area contributed by atoms with Crippen molar-refractivity contribution in [1.29, 1.82) is 0 Å². The van der Waals surface area contributed by atoms with E-state index in [1.54, 1.807) is 0 Å². The zero-order chi connectivity index (χ0) is 20.1. The van der Waals surface area contributed by atoms with Crippen LogP contribution in [0.4, 0.5) is 4.79 Å². The average Bonchev–Trinajstić information content (AvgIpc) is 2.93. The van der Waals surface area contributed by atoms with Crippen LogP contribution in [0.5, 0.6) is 0 Å². The summed E-state index contributed by atoms with van der Waals surface area (Å²) in [6.07, 6.45) is 0.312. The summed E-state index contributed by atoms with van der Waals surface area (Å²) in [7, 11) is 0. The first-order valence-corrected chi connectivity index (χ1v) is 9.42. The van der Waals surface area contributed by atoms with E-state index in [4.69, 9.17) is 0 Å². The molecule has 28 heavy (non-hydrogen) atoms. The minimum absolute atomic E-state index is 0.286. The summed E-state index contributed by atoms with van der Waals surface area (Å²) in [5.74, 6) is -0.471. The summed E-state index contributed by atoms with van der Waals surface area (Å²) in [6, 6.07) is 18.1. The molecule has 0 bridgehead atoms. The molecule has 0 saturated carbocycles.